The molecule has 4 nitrogen and oxygen atoms in total. The second-order valence-electron chi connectivity index (χ2n) is 5.27. The number of imide groups is 1. The molecule has 1 aliphatic heterocycles. The van der Waals surface area contributed by atoms with Crippen molar-refractivity contribution >= 4 is 17.6 Å². The van der Waals surface area contributed by atoms with Crippen LogP contribution in [0.15, 0.2) is 24.3 Å². The zero-order chi connectivity index (χ0) is 12.6. The van der Waals surface area contributed by atoms with Gasteiger partial charge in [0.2, 0.25) is 11.8 Å². The molecule has 0 aromatic heterocycles. The molecular formula is C14H11NO3. The van der Waals surface area contributed by atoms with Crippen LogP contribution in [0, 0.1) is 11.8 Å². The van der Waals surface area contributed by atoms with Gasteiger partial charge in [-0.1, -0.05) is 24.3 Å². The van der Waals surface area contributed by atoms with E-state index in [0.717, 1.165) is 11.1 Å². The Morgan fingerprint density at radius 2 is 1.33 bits per heavy atom. The third kappa shape index (κ3) is 0.847. The number of hydrogen-bond donors (Lipinski definition) is 0. The highest BCUT2D eigenvalue weighted by Crippen LogP contribution is 2.59. The van der Waals surface area contributed by atoms with Crippen molar-refractivity contribution in [3.8, 4) is 0 Å². The van der Waals surface area contributed by atoms with Gasteiger partial charge in [-0.3, -0.25) is 19.3 Å². The van der Waals surface area contributed by atoms with Crippen LogP contribution in [0.5, 0.6) is 0 Å². The number of Topliss-reactive ketones (excluding diaryl/α,β-unsaturated/α-hetero) is 1. The Hall–Kier alpha value is -1.97. The van der Waals surface area contributed by atoms with Crippen molar-refractivity contribution in [1.82, 2.24) is 4.90 Å². The molecule has 1 aromatic carbocycles. The van der Waals surface area contributed by atoms with Gasteiger partial charge in [0.25, 0.3) is 0 Å². The van der Waals surface area contributed by atoms with E-state index in [4.69, 9.17) is 0 Å². The van der Waals surface area contributed by atoms with E-state index in [2.05, 4.69) is 0 Å². The summed E-state index contributed by atoms with van der Waals surface area (Å²) in [5.74, 6) is -2.01. The number of benzene rings is 1. The molecule has 0 N–H and O–H groups in total. The fourth-order valence-corrected chi connectivity index (χ4v) is 3.88. The molecule has 0 radical (unpaired) electrons. The van der Waals surface area contributed by atoms with Gasteiger partial charge in [-0.2, -0.15) is 0 Å². The molecule has 1 saturated carbocycles. The van der Waals surface area contributed by atoms with Crippen molar-refractivity contribution in [3.63, 3.8) is 0 Å². The summed E-state index contributed by atoms with van der Waals surface area (Å²) < 4.78 is 0. The van der Waals surface area contributed by atoms with Crippen LogP contribution < -0.4 is 0 Å². The fourth-order valence-electron chi connectivity index (χ4n) is 3.88. The second kappa shape index (κ2) is 2.88. The number of amides is 2. The Kier molecular flexibility index (Phi) is 1.60. The van der Waals surface area contributed by atoms with Gasteiger partial charge in [0.1, 0.15) is 5.78 Å². The summed E-state index contributed by atoms with van der Waals surface area (Å²) in [6.07, 6.45) is 0. The van der Waals surface area contributed by atoms with Crippen LogP contribution in [0.4, 0.5) is 0 Å². The maximum atomic E-state index is 12.3. The fraction of sp³-hybridized carbons (Fsp3) is 0.357. The predicted octanol–water partition coefficient (Wildman–Crippen LogP) is 0.681. The highest BCUT2D eigenvalue weighted by Gasteiger charge is 2.66. The molecular weight excluding hydrogens is 230 g/mol. The number of carbonyl (C=O) groups excluding carboxylic acids is 3. The molecule has 4 atom stereocenters. The quantitative estimate of drug-likeness (QED) is 0.628. The molecule has 2 aliphatic carbocycles. The minimum atomic E-state index is -0.449. The van der Waals surface area contributed by atoms with Gasteiger partial charge in [-0.05, 0) is 11.1 Å². The van der Waals surface area contributed by atoms with Crippen molar-refractivity contribution < 1.29 is 14.4 Å². The summed E-state index contributed by atoms with van der Waals surface area (Å²) in [6.45, 7) is 0. The van der Waals surface area contributed by atoms with E-state index >= 15 is 0 Å². The van der Waals surface area contributed by atoms with E-state index in [9.17, 15) is 14.4 Å². The molecule has 2 amide bonds. The summed E-state index contributed by atoms with van der Waals surface area (Å²) in [5, 5.41) is 0. The normalized spacial score (nSPS) is 36.3. The van der Waals surface area contributed by atoms with Gasteiger partial charge in [0, 0.05) is 7.05 Å². The molecule has 1 heterocycles. The van der Waals surface area contributed by atoms with Crippen molar-refractivity contribution in [2.45, 2.75) is 11.8 Å². The van der Waals surface area contributed by atoms with Crippen molar-refractivity contribution in [1.29, 1.82) is 0 Å². The molecule has 90 valence electrons. The van der Waals surface area contributed by atoms with Gasteiger partial charge < -0.3 is 0 Å². The van der Waals surface area contributed by atoms with E-state index in [0.29, 0.717) is 0 Å². The van der Waals surface area contributed by atoms with E-state index in [1.165, 1.54) is 11.9 Å². The second-order valence-corrected chi connectivity index (χ2v) is 5.27. The van der Waals surface area contributed by atoms with Gasteiger partial charge in [0.05, 0.1) is 23.7 Å². The first-order valence-electron chi connectivity index (χ1n) is 6.07. The molecule has 2 fully saturated rings. The van der Waals surface area contributed by atoms with Gasteiger partial charge in [-0.25, -0.2) is 0 Å². The van der Waals surface area contributed by atoms with Crippen LogP contribution in [0.1, 0.15) is 23.0 Å². The molecule has 1 aromatic rings. The first-order valence-corrected chi connectivity index (χ1v) is 6.07. The summed E-state index contributed by atoms with van der Waals surface area (Å²) in [6, 6.07) is 7.58. The van der Waals surface area contributed by atoms with E-state index in [1.807, 2.05) is 24.3 Å². The average Bonchev–Trinajstić information content (AvgIpc) is 2.91. The van der Waals surface area contributed by atoms with Crippen LogP contribution in [-0.2, 0) is 14.4 Å². The van der Waals surface area contributed by atoms with Crippen LogP contribution >= 0.6 is 0 Å². The smallest absolute Gasteiger partial charge is 0.233 e. The molecule has 1 saturated heterocycles. The monoisotopic (exact) mass is 241 g/mol. The zero-order valence-electron chi connectivity index (χ0n) is 9.79. The molecule has 18 heavy (non-hydrogen) atoms. The molecule has 4 heteroatoms. The number of rotatable bonds is 0. The molecule has 3 aliphatic rings. The maximum absolute atomic E-state index is 12.3. The molecule has 0 unspecified atom stereocenters. The third-order valence-electron chi connectivity index (χ3n) is 4.62. The number of fused-ring (bicyclic) bond motifs is 8. The van der Waals surface area contributed by atoms with Crippen LogP contribution in [0.2, 0.25) is 0 Å². The van der Waals surface area contributed by atoms with Crippen LogP contribution in [0.25, 0.3) is 0 Å². The number of hydrogen-bond acceptors (Lipinski definition) is 3. The van der Waals surface area contributed by atoms with Crippen molar-refractivity contribution in [2.75, 3.05) is 7.05 Å². The van der Waals surface area contributed by atoms with E-state index in [-0.39, 0.29) is 17.6 Å². The lowest BCUT2D eigenvalue weighted by Gasteiger charge is -2.21. The largest absolute Gasteiger partial charge is 0.298 e. The Labute approximate surface area is 104 Å². The predicted molar refractivity (Wildman–Crippen MR) is 61.7 cm³/mol. The van der Waals surface area contributed by atoms with Crippen molar-refractivity contribution in [3.05, 3.63) is 35.4 Å². The Balaban J connectivity index is 1.96. The minimum Gasteiger partial charge on any atom is -0.298 e. The Morgan fingerprint density at radius 3 is 1.78 bits per heavy atom. The zero-order valence-corrected chi connectivity index (χ0v) is 9.79. The van der Waals surface area contributed by atoms with Gasteiger partial charge >= 0.3 is 0 Å². The summed E-state index contributed by atoms with van der Waals surface area (Å²) in [5.41, 5.74) is 1.90. The molecule has 2 bridgehead atoms. The maximum Gasteiger partial charge on any atom is 0.233 e. The topological polar surface area (TPSA) is 54.5 Å². The SMILES string of the molecule is CN1C(=O)[C@@H]2[C@H](C1=O)[C@H]1C(=O)[C@@H]2c2ccccc21. The first kappa shape index (κ1) is 10.00. The minimum absolute atomic E-state index is 0.0565. The highest BCUT2D eigenvalue weighted by atomic mass is 16.2. The number of ketones is 1. The molecule has 0 spiro atoms. The van der Waals surface area contributed by atoms with E-state index < -0.39 is 23.7 Å². The Bertz CT molecular complexity index is 570. The van der Waals surface area contributed by atoms with E-state index in [1.54, 1.807) is 0 Å². The summed E-state index contributed by atoms with van der Waals surface area (Å²) >= 11 is 0. The summed E-state index contributed by atoms with van der Waals surface area (Å²) in [4.78, 5) is 37.7. The average molecular weight is 241 g/mol. The third-order valence-corrected chi connectivity index (χ3v) is 4.62. The lowest BCUT2D eigenvalue weighted by molar-refractivity contribution is -0.140. The number of nitrogens with zero attached hydrogens (tertiary/aromatic N) is 1. The van der Waals surface area contributed by atoms with Crippen LogP contribution in [0.3, 0.4) is 0 Å². The lowest BCUT2D eigenvalue weighted by Crippen LogP contribution is -2.29. The Morgan fingerprint density at radius 1 is 0.889 bits per heavy atom. The van der Waals surface area contributed by atoms with Crippen molar-refractivity contribution in [2.24, 2.45) is 11.8 Å². The first-order chi connectivity index (χ1) is 8.63. The van der Waals surface area contributed by atoms with Gasteiger partial charge in [-0.15, -0.1) is 0 Å². The summed E-state index contributed by atoms with van der Waals surface area (Å²) in [7, 11) is 1.51. The van der Waals surface area contributed by atoms with Gasteiger partial charge in [0.15, 0.2) is 0 Å². The number of likely N-dealkylation sites (tertiary alicyclic amines) is 1. The van der Waals surface area contributed by atoms with Crippen LogP contribution in [-0.4, -0.2) is 29.5 Å². The lowest BCUT2D eigenvalue weighted by atomic mass is 9.77. The molecule has 4 rings (SSSR count). The number of carbonyl (C=O) groups is 3. The highest BCUT2D eigenvalue weighted by molar-refractivity contribution is 6.16. The standard InChI is InChI=1S/C14H11NO3/c1-15-13(17)10-8-6-4-2-3-5-7(6)9(12(8)16)11(10)14(15)18/h2-5,8-11H,1H3/t8-,9+,10+,11-.